The number of imide groups is 1. The molecular weight excluding hydrogens is 464 g/mol. The number of nitrogens with two attached hydrogens (primary N) is 1. The Bertz CT molecular complexity index is 1070. The van der Waals surface area contributed by atoms with Crippen LogP contribution in [0.3, 0.4) is 0 Å². The highest BCUT2D eigenvalue weighted by atomic mass is 16.5. The molecule has 10 nitrogen and oxygen atoms in total. The highest BCUT2D eigenvalue weighted by Gasteiger charge is 2.40. The van der Waals surface area contributed by atoms with Crippen molar-refractivity contribution in [2.75, 3.05) is 51.6 Å². The van der Waals surface area contributed by atoms with Gasteiger partial charge in [-0.15, -0.1) is 0 Å². The molecule has 1 saturated heterocycles. The van der Waals surface area contributed by atoms with Gasteiger partial charge < -0.3 is 30.2 Å². The zero-order valence-corrected chi connectivity index (χ0v) is 20.2. The van der Waals surface area contributed by atoms with Gasteiger partial charge in [0, 0.05) is 25.2 Å². The van der Waals surface area contributed by atoms with E-state index in [4.69, 9.17) is 19.9 Å². The van der Waals surface area contributed by atoms with Crippen molar-refractivity contribution in [1.29, 1.82) is 0 Å². The summed E-state index contributed by atoms with van der Waals surface area (Å²) in [5.74, 6) is -0.872. The summed E-state index contributed by atoms with van der Waals surface area (Å²) in [5.41, 5.74) is 9.43. The molecule has 1 fully saturated rings. The van der Waals surface area contributed by atoms with E-state index in [0.29, 0.717) is 58.1 Å². The predicted molar refractivity (Wildman–Crippen MR) is 133 cm³/mol. The Morgan fingerprint density at radius 3 is 2.39 bits per heavy atom. The molecule has 4 rings (SSSR count). The molecule has 0 aromatic heterocycles. The Morgan fingerprint density at radius 1 is 0.944 bits per heavy atom. The van der Waals surface area contributed by atoms with E-state index in [9.17, 15) is 14.4 Å². The molecule has 0 saturated carbocycles. The van der Waals surface area contributed by atoms with Crippen LogP contribution in [-0.4, -0.2) is 75.0 Å². The summed E-state index contributed by atoms with van der Waals surface area (Å²) in [6, 6.07) is 13.0. The lowest BCUT2D eigenvalue weighted by molar-refractivity contribution is -0.136. The SMILES string of the molecule is NCOCCOCCOCCNc1ccc(-c2cccc3c2C(=O)N(C2CCC(=O)NC2=O)C3)cc1. The summed E-state index contributed by atoms with van der Waals surface area (Å²) < 4.78 is 15.9. The number of anilines is 1. The molecule has 2 aromatic rings. The van der Waals surface area contributed by atoms with E-state index in [1.807, 2.05) is 42.5 Å². The molecule has 4 N–H and O–H groups in total. The number of carbonyl (C=O) groups is 3. The molecular formula is C26H32N4O6. The number of fused-ring (bicyclic) bond motifs is 1. The summed E-state index contributed by atoms with van der Waals surface area (Å²) in [6.45, 7) is 3.73. The van der Waals surface area contributed by atoms with Gasteiger partial charge in [-0.2, -0.15) is 0 Å². The molecule has 0 bridgehead atoms. The van der Waals surface area contributed by atoms with Crippen molar-refractivity contribution in [3.63, 3.8) is 0 Å². The third kappa shape index (κ3) is 6.27. The molecule has 2 aliphatic rings. The van der Waals surface area contributed by atoms with Gasteiger partial charge >= 0.3 is 0 Å². The summed E-state index contributed by atoms with van der Waals surface area (Å²) in [6.07, 6.45) is 0.585. The van der Waals surface area contributed by atoms with E-state index in [-0.39, 0.29) is 25.0 Å². The van der Waals surface area contributed by atoms with Gasteiger partial charge in [0.25, 0.3) is 5.91 Å². The average Bonchev–Trinajstić information content (AvgIpc) is 3.22. The molecule has 192 valence electrons. The van der Waals surface area contributed by atoms with E-state index < -0.39 is 11.9 Å². The average molecular weight is 497 g/mol. The van der Waals surface area contributed by atoms with Crippen LogP contribution in [0, 0.1) is 0 Å². The van der Waals surface area contributed by atoms with Crippen LogP contribution in [0.25, 0.3) is 11.1 Å². The quantitative estimate of drug-likeness (QED) is 0.216. The highest BCUT2D eigenvalue weighted by molar-refractivity contribution is 6.08. The van der Waals surface area contributed by atoms with Gasteiger partial charge in [0.15, 0.2) is 0 Å². The maximum absolute atomic E-state index is 13.3. The zero-order chi connectivity index (χ0) is 25.3. The van der Waals surface area contributed by atoms with Gasteiger partial charge in [-0.05, 0) is 35.2 Å². The van der Waals surface area contributed by atoms with Crippen LogP contribution >= 0.6 is 0 Å². The van der Waals surface area contributed by atoms with Crippen molar-refractivity contribution in [1.82, 2.24) is 10.2 Å². The minimum Gasteiger partial charge on any atom is -0.383 e. The molecule has 1 unspecified atom stereocenters. The third-order valence-electron chi connectivity index (χ3n) is 6.19. The standard InChI is InChI=1S/C26H32N4O6/c27-17-36-15-14-35-13-12-34-11-10-28-20-6-4-18(5-7-20)21-3-1-2-19-16-30(26(33)24(19)21)22-8-9-23(31)29-25(22)32/h1-7,22,28H,8-17,27H2,(H,29,31,32). The molecule has 0 spiro atoms. The number of piperidine rings is 1. The zero-order valence-electron chi connectivity index (χ0n) is 20.2. The van der Waals surface area contributed by atoms with Crippen LogP contribution in [0.2, 0.25) is 0 Å². The van der Waals surface area contributed by atoms with Crippen molar-refractivity contribution < 1.29 is 28.6 Å². The first-order valence-corrected chi connectivity index (χ1v) is 12.1. The first kappa shape index (κ1) is 25.8. The second-order valence-corrected chi connectivity index (χ2v) is 8.54. The van der Waals surface area contributed by atoms with E-state index >= 15 is 0 Å². The fourth-order valence-electron chi connectivity index (χ4n) is 4.41. The lowest BCUT2D eigenvalue weighted by atomic mass is 9.96. The predicted octanol–water partition coefficient (Wildman–Crippen LogP) is 1.49. The summed E-state index contributed by atoms with van der Waals surface area (Å²) in [5, 5.41) is 5.66. The number of carbonyl (C=O) groups excluding carboxylic acids is 3. The molecule has 0 radical (unpaired) electrons. The molecule has 0 aliphatic carbocycles. The normalized spacial score (nSPS) is 17.3. The van der Waals surface area contributed by atoms with E-state index in [0.717, 1.165) is 22.4 Å². The Labute approximate surface area is 210 Å². The molecule has 2 aromatic carbocycles. The number of hydrogen-bond donors (Lipinski definition) is 3. The van der Waals surface area contributed by atoms with Crippen LogP contribution in [0.5, 0.6) is 0 Å². The summed E-state index contributed by atoms with van der Waals surface area (Å²) >= 11 is 0. The molecule has 36 heavy (non-hydrogen) atoms. The lowest BCUT2D eigenvalue weighted by Gasteiger charge is -2.29. The first-order chi connectivity index (χ1) is 17.6. The Balaban J connectivity index is 1.29. The second kappa shape index (κ2) is 12.6. The Morgan fingerprint density at radius 2 is 1.67 bits per heavy atom. The molecule has 1 atom stereocenters. The topological polar surface area (TPSA) is 132 Å². The minimum atomic E-state index is -0.624. The van der Waals surface area contributed by atoms with Gasteiger partial charge in [-0.3, -0.25) is 19.7 Å². The van der Waals surface area contributed by atoms with Crippen molar-refractivity contribution in [3.8, 4) is 11.1 Å². The molecule has 10 heteroatoms. The number of rotatable bonds is 13. The van der Waals surface area contributed by atoms with Crippen LogP contribution in [0.15, 0.2) is 42.5 Å². The largest absolute Gasteiger partial charge is 0.383 e. The van der Waals surface area contributed by atoms with Crippen molar-refractivity contribution in [3.05, 3.63) is 53.6 Å². The minimum absolute atomic E-state index is 0.176. The summed E-state index contributed by atoms with van der Waals surface area (Å²) in [4.78, 5) is 38.7. The number of nitrogens with zero attached hydrogens (tertiary/aromatic N) is 1. The second-order valence-electron chi connectivity index (χ2n) is 8.54. The summed E-state index contributed by atoms with van der Waals surface area (Å²) in [7, 11) is 0. The van der Waals surface area contributed by atoms with E-state index in [1.54, 1.807) is 4.90 Å². The maximum Gasteiger partial charge on any atom is 0.255 e. The van der Waals surface area contributed by atoms with Crippen LogP contribution in [-0.2, 0) is 30.3 Å². The van der Waals surface area contributed by atoms with Gasteiger partial charge in [-0.25, -0.2) is 0 Å². The number of hydrogen-bond acceptors (Lipinski definition) is 8. The lowest BCUT2D eigenvalue weighted by Crippen LogP contribution is -2.52. The maximum atomic E-state index is 13.3. The Hall–Kier alpha value is -3.31. The highest BCUT2D eigenvalue weighted by Crippen LogP contribution is 2.35. The third-order valence-corrected chi connectivity index (χ3v) is 6.19. The van der Waals surface area contributed by atoms with Gasteiger partial charge in [-0.1, -0.05) is 30.3 Å². The van der Waals surface area contributed by atoms with Gasteiger partial charge in [0.05, 0.1) is 45.3 Å². The molecule has 3 amide bonds. The Kier molecular flexibility index (Phi) is 9.01. The van der Waals surface area contributed by atoms with Crippen molar-refractivity contribution in [2.24, 2.45) is 5.73 Å². The van der Waals surface area contributed by atoms with E-state index in [1.165, 1.54) is 0 Å². The van der Waals surface area contributed by atoms with Crippen molar-refractivity contribution in [2.45, 2.75) is 25.4 Å². The van der Waals surface area contributed by atoms with Crippen molar-refractivity contribution >= 4 is 23.4 Å². The number of amides is 3. The van der Waals surface area contributed by atoms with Crippen LogP contribution in [0.4, 0.5) is 5.69 Å². The molecule has 2 aliphatic heterocycles. The fraction of sp³-hybridized carbons (Fsp3) is 0.423. The number of ether oxygens (including phenoxy) is 3. The smallest absolute Gasteiger partial charge is 0.255 e. The number of nitrogens with one attached hydrogen (secondary N) is 2. The first-order valence-electron chi connectivity index (χ1n) is 12.1. The van der Waals surface area contributed by atoms with E-state index in [2.05, 4.69) is 10.6 Å². The molecule has 2 heterocycles. The van der Waals surface area contributed by atoms with Gasteiger partial charge in [0.1, 0.15) is 6.04 Å². The number of benzene rings is 2. The monoisotopic (exact) mass is 496 g/mol. The van der Waals surface area contributed by atoms with Gasteiger partial charge in [0.2, 0.25) is 11.8 Å². The fourth-order valence-corrected chi connectivity index (χ4v) is 4.41. The van der Waals surface area contributed by atoms with Crippen LogP contribution in [0.1, 0.15) is 28.8 Å². The van der Waals surface area contributed by atoms with Crippen LogP contribution < -0.4 is 16.4 Å².